The van der Waals surface area contributed by atoms with Crippen LogP contribution in [0.4, 0.5) is 0 Å². The average molecular weight is 339 g/mol. The number of thioether (sulfide) groups is 1. The molecular formula is C16H13N5O2S. The van der Waals surface area contributed by atoms with Gasteiger partial charge in [-0.25, -0.2) is 4.98 Å². The molecule has 0 N–H and O–H groups in total. The second-order valence-corrected chi connectivity index (χ2v) is 5.83. The molecule has 0 aliphatic rings. The Morgan fingerprint density at radius 1 is 1.17 bits per heavy atom. The van der Waals surface area contributed by atoms with Crippen molar-refractivity contribution in [1.29, 1.82) is 0 Å². The zero-order valence-corrected chi connectivity index (χ0v) is 13.8. The smallest absolute Gasteiger partial charge is 0.266 e. The Morgan fingerprint density at radius 3 is 2.67 bits per heavy atom. The van der Waals surface area contributed by atoms with Gasteiger partial charge in [-0.3, -0.25) is 9.36 Å². The summed E-state index contributed by atoms with van der Waals surface area (Å²) in [5.41, 5.74) is 1.28. The number of hydrogen-bond donors (Lipinski definition) is 0. The molecular weight excluding hydrogens is 326 g/mol. The number of ether oxygens (including phenoxy) is 1. The summed E-state index contributed by atoms with van der Waals surface area (Å²) in [5, 5.41) is 5.47. The van der Waals surface area contributed by atoms with Gasteiger partial charge in [0.15, 0.2) is 0 Å². The SMILES string of the molecule is COc1ccc(-n2ccc3c(cnc4nc(SC)nn43)c2=O)cc1. The van der Waals surface area contributed by atoms with E-state index in [1.807, 2.05) is 36.6 Å². The van der Waals surface area contributed by atoms with Crippen LogP contribution >= 0.6 is 11.8 Å². The van der Waals surface area contributed by atoms with Crippen molar-refractivity contribution in [2.24, 2.45) is 0 Å². The molecule has 0 atom stereocenters. The van der Waals surface area contributed by atoms with Gasteiger partial charge >= 0.3 is 0 Å². The first kappa shape index (κ1) is 14.7. The van der Waals surface area contributed by atoms with Crippen LogP contribution in [0.3, 0.4) is 0 Å². The lowest BCUT2D eigenvalue weighted by atomic mass is 10.2. The Balaban J connectivity index is 1.94. The van der Waals surface area contributed by atoms with E-state index in [-0.39, 0.29) is 5.56 Å². The van der Waals surface area contributed by atoms with Crippen molar-refractivity contribution in [3.63, 3.8) is 0 Å². The van der Waals surface area contributed by atoms with Gasteiger partial charge < -0.3 is 4.74 Å². The molecule has 24 heavy (non-hydrogen) atoms. The molecule has 0 radical (unpaired) electrons. The van der Waals surface area contributed by atoms with E-state index in [0.717, 1.165) is 11.4 Å². The van der Waals surface area contributed by atoms with E-state index < -0.39 is 0 Å². The molecule has 8 heteroatoms. The molecule has 0 saturated carbocycles. The highest BCUT2D eigenvalue weighted by Crippen LogP contribution is 2.17. The van der Waals surface area contributed by atoms with E-state index in [4.69, 9.17) is 4.74 Å². The van der Waals surface area contributed by atoms with Crippen LogP contribution in [0, 0.1) is 0 Å². The summed E-state index contributed by atoms with van der Waals surface area (Å²) in [7, 11) is 1.61. The monoisotopic (exact) mass is 339 g/mol. The van der Waals surface area contributed by atoms with Crippen molar-refractivity contribution in [3.8, 4) is 11.4 Å². The molecule has 0 unspecified atom stereocenters. The molecule has 0 aliphatic heterocycles. The Kier molecular flexibility index (Phi) is 3.46. The van der Waals surface area contributed by atoms with Crippen molar-refractivity contribution in [1.82, 2.24) is 24.1 Å². The second-order valence-electron chi connectivity index (χ2n) is 5.06. The predicted octanol–water partition coefficient (Wildman–Crippen LogP) is 2.16. The summed E-state index contributed by atoms with van der Waals surface area (Å²) in [5.74, 6) is 1.22. The van der Waals surface area contributed by atoms with E-state index in [2.05, 4.69) is 15.1 Å². The van der Waals surface area contributed by atoms with Gasteiger partial charge in [0.25, 0.3) is 11.3 Å². The molecule has 4 rings (SSSR count). The highest BCUT2D eigenvalue weighted by Gasteiger charge is 2.11. The van der Waals surface area contributed by atoms with Gasteiger partial charge in [0.2, 0.25) is 5.16 Å². The number of rotatable bonds is 3. The Labute approximate surface area is 140 Å². The third-order valence-electron chi connectivity index (χ3n) is 3.75. The summed E-state index contributed by atoms with van der Waals surface area (Å²) >= 11 is 1.43. The molecule has 0 aliphatic carbocycles. The van der Waals surface area contributed by atoms with Crippen molar-refractivity contribution in [2.75, 3.05) is 13.4 Å². The maximum Gasteiger partial charge on any atom is 0.266 e. The lowest BCUT2D eigenvalue weighted by molar-refractivity contribution is 0.414. The van der Waals surface area contributed by atoms with Crippen LogP contribution in [0.5, 0.6) is 5.75 Å². The van der Waals surface area contributed by atoms with Crippen molar-refractivity contribution >= 4 is 28.4 Å². The van der Waals surface area contributed by atoms with Crippen LogP contribution in [0.15, 0.2) is 52.7 Å². The van der Waals surface area contributed by atoms with Gasteiger partial charge in [-0.1, -0.05) is 11.8 Å². The van der Waals surface area contributed by atoms with Gasteiger partial charge in [-0.2, -0.15) is 9.50 Å². The molecule has 1 aromatic carbocycles. The molecule has 3 aromatic heterocycles. The minimum atomic E-state index is -0.159. The van der Waals surface area contributed by atoms with Gasteiger partial charge in [-0.15, -0.1) is 5.10 Å². The standard InChI is InChI=1S/C16H13N5O2S/c1-23-11-5-3-10(4-6-11)20-8-7-13-12(14(20)22)9-17-15-18-16(24-2)19-21(13)15/h3-9H,1-2H3. The average Bonchev–Trinajstić information content (AvgIpc) is 3.06. The maximum absolute atomic E-state index is 12.8. The zero-order chi connectivity index (χ0) is 16.7. The Bertz CT molecular complexity index is 1100. The van der Waals surface area contributed by atoms with E-state index in [1.54, 1.807) is 28.6 Å². The van der Waals surface area contributed by atoms with Crippen LogP contribution in [-0.2, 0) is 0 Å². The van der Waals surface area contributed by atoms with Crippen LogP contribution in [-0.4, -0.2) is 37.5 Å². The molecule has 120 valence electrons. The number of nitrogens with zero attached hydrogens (tertiary/aromatic N) is 5. The van der Waals surface area contributed by atoms with Gasteiger partial charge in [0.1, 0.15) is 5.75 Å². The third-order valence-corrected chi connectivity index (χ3v) is 4.29. The molecule has 0 saturated heterocycles. The van der Waals surface area contributed by atoms with Crippen LogP contribution in [0.25, 0.3) is 22.4 Å². The molecule has 0 amide bonds. The number of hydrogen-bond acceptors (Lipinski definition) is 6. The number of methoxy groups -OCH3 is 1. The molecule has 3 heterocycles. The molecule has 0 fully saturated rings. The lowest BCUT2D eigenvalue weighted by Crippen LogP contribution is -2.18. The van der Waals surface area contributed by atoms with Crippen LogP contribution < -0.4 is 10.3 Å². The minimum Gasteiger partial charge on any atom is -0.497 e. The number of fused-ring (bicyclic) bond motifs is 3. The van der Waals surface area contributed by atoms with Gasteiger partial charge in [0.05, 0.1) is 18.0 Å². The molecule has 0 spiro atoms. The first-order valence-corrected chi connectivity index (χ1v) is 8.39. The van der Waals surface area contributed by atoms with Crippen molar-refractivity contribution in [2.45, 2.75) is 5.16 Å². The predicted molar refractivity (Wildman–Crippen MR) is 92.2 cm³/mol. The molecule has 0 bridgehead atoms. The van der Waals surface area contributed by atoms with E-state index in [9.17, 15) is 4.79 Å². The quantitative estimate of drug-likeness (QED) is 0.533. The zero-order valence-electron chi connectivity index (χ0n) is 13.0. The van der Waals surface area contributed by atoms with Gasteiger partial charge in [0, 0.05) is 18.1 Å². The third kappa shape index (κ3) is 2.23. The first-order valence-electron chi connectivity index (χ1n) is 7.17. The summed E-state index contributed by atoms with van der Waals surface area (Å²) in [6.07, 6.45) is 5.17. The second kappa shape index (κ2) is 5.64. The van der Waals surface area contributed by atoms with Crippen LogP contribution in [0.1, 0.15) is 0 Å². The normalized spacial score (nSPS) is 11.2. The topological polar surface area (TPSA) is 74.3 Å². The van der Waals surface area contributed by atoms with Gasteiger partial charge in [-0.05, 0) is 36.6 Å². The summed E-state index contributed by atoms with van der Waals surface area (Å²) in [6.45, 7) is 0. The Hall–Kier alpha value is -2.87. The molecule has 4 aromatic rings. The maximum atomic E-state index is 12.8. The Morgan fingerprint density at radius 2 is 1.96 bits per heavy atom. The fourth-order valence-electron chi connectivity index (χ4n) is 2.53. The number of aromatic nitrogens is 5. The van der Waals surface area contributed by atoms with Crippen molar-refractivity contribution in [3.05, 3.63) is 53.1 Å². The van der Waals surface area contributed by atoms with E-state index in [0.29, 0.717) is 21.8 Å². The van der Waals surface area contributed by atoms with E-state index >= 15 is 0 Å². The first-order chi connectivity index (χ1) is 11.7. The molecule has 7 nitrogen and oxygen atoms in total. The highest BCUT2D eigenvalue weighted by molar-refractivity contribution is 7.98. The van der Waals surface area contributed by atoms with E-state index in [1.165, 1.54) is 11.8 Å². The summed E-state index contributed by atoms with van der Waals surface area (Å²) < 4.78 is 8.32. The van der Waals surface area contributed by atoms with Crippen LogP contribution in [0.2, 0.25) is 0 Å². The lowest BCUT2D eigenvalue weighted by Gasteiger charge is -2.08. The fourth-order valence-corrected chi connectivity index (χ4v) is 2.87. The highest BCUT2D eigenvalue weighted by atomic mass is 32.2. The number of pyridine rings is 1. The largest absolute Gasteiger partial charge is 0.497 e. The number of benzene rings is 1. The van der Waals surface area contributed by atoms with Crippen molar-refractivity contribution < 1.29 is 4.74 Å². The minimum absolute atomic E-state index is 0.159. The summed E-state index contributed by atoms with van der Waals surface area (Å²) in [4.78, 5) is 21.4. The fraction of sp³-hybridized carbons (Fsp3) is 0.125. The summed E-state index contributed by atoms with van der Waals surface area (Å²) in [6, 6.07) is 9.14.